The second-order valence-corrected chi connectivity index (χ2v) is 9.09. The molecule has 0 aliphatic carbocycles. The fourth-order valence-corrected chi connectivity index (χ4v) is 5.52. The molecule has 3 saturated heterocycles. The molecule has 5 atom stereocenters. The molecule has 3 N–H and O–H groups in total. The molecule has 9 heteroatoms. The van der Waals surface area contributed by atoms with Gasteiger partial charge < -0.3 is 15.0 Å². The molecule has 32 heavy (non-hydrogen) atoms. The number of carbonyl (C=O) groups is 3. The summed E-state index contributed by atoms with van der Waals surface area (Å²) < 4.78 is 4.80. The van der Waals surface area contributed by atoms with Crippen molar-refractivity contribution in [1.29, 1.82) is 0 Å². The maximum Gasteiger partial charge on any atom is 0.410 e. The van der Waals surface area contributed by atoms with Crippen LogP contribution < -0.4 is 10.8 Å². The molecule has 3 amide bonds. The standard InChI is InChI=1S/C23H32N4O5/c1-32-23(30)27-14-18(11-20(27)21(28)25-31)16-7-8-19(24-12-16)22(29)26-10-9-17(13-26)15-5-3-2-4-6-15/h2-6,16-20,24,31H,7-14H2,1H3,(H,25,28)/t16?,17-,18-,19-,20-/m0/s1. The fraction of sp³-hybridized carbons (Fsp3) is 0.609. The van der Waals surface area contributed by atoms with Crippen LogP contribution in [-0.4, -0.2) is 78.3 Å². The van der Waals surface area contributed by atoms with Gasteiger partial charge in [-0.25, -0.2) is 10.3 Å². The van der Waals surface area contributed by atoms with Crippen LogP contribution in [0, 0.1) is 11.8 Å². The Bertz CT molecular complexity index is 803. The predicted molar refractivity (Wildman–Crippen MR) is 116 cm³/mol. The molecule has 0 saturated carbocycles. The van der Waals surface area contributed by atoms with E-state index in [1.165, 1.54) is 17.6 Å². The molecule has 1 aromatic rings. The summed E-state index contributed by atoms with van der Waals surface area (Å²) in [6, 6.07) is 9.43. The highest BCUT2D eigenvalue weighted by molar-refractivity contribution is 5.85. The Hall–Kier alpha value is -2.65. The van der Waals surface area contributed by atoms with Crippen molar-refractivity contribution in [3.63, 3.8) is 0 Å². The third-order valence-corrected chi connectivity index (χ3v) is 7.34. The number of rotatable bonds is 4. The van der Waals surface area contributed by atoms with Crippen LogP contribution in [0.5, 0.6) is 0 Å². The summed E-state index contributed by atoms with van der Waals surface area (Å²) in [6.07, 6.45) is 2.48. The number of likely N-dealkylation sites (tertiary alicyclic amines) is 2. The van der Waals surface area contributed by atoms with Crippen molar-refractivity contribution in [3.05, 3.63) is 35.9 Å². The number of carbonyl (C=O) groups excluding carboxylic acids is 3. The molecule has 0 aromatic heterocycles. The molecular formula is C23H32N4O5. The van der Waals surface area contributed by atoms with Crippen LogP contribution in [-0.2, 0) is 14.3 Å². The Labute approximate surface area is 188 Å². The van der Waals surface area contributed by atoms with Crippen LogP contribution in [0.15, 0.2) is 30.3 Å². The molecule has 3 aliphatic rings. The molecule has 3 fully saturated rings. The van der Waals surface area contributed by atoms with Crippen LogP contribution in [0.1, 0.15) is 37.2 Å². The number of hydrogen-bond acceptors (Lipinski definition) is 6. The Balaban J connectivity index is 1.30. The number of methoxy groups -OCH3 is 1. The van der Waals surface area contributed by atoms with E-state index in [0.29, 0.717) is 25.4 Å². The lowest BCUT2D eigenvalue weighted by atomic mass is 9.82. The zero-order valence-electron chi connectivity index (χ0n) is 18.4. The lowest BCUT2D eigenvalue weighted by molar-refractivity contribution is -0.133. The average Bonchev–Trinajstić information content (AvgIpc) is 3.51. The number of piperidine rings is 1. The SMILES string of the molecule is COC(=O)N1C[C@@H](C2CC[C@@H](C(=O)N3CC[C@H](c4ccccc4)C3)NC2)C[C@H]1C(=O)NO. The third kappa shape index (κ3) is 4.59. The van der Waals surface area contributed by atoms with Crippen molar-refractivity contribution < 1.29 is 24.3 Å². The van der Waals surface area contributed by atoms with Gasteiger partial charge in [0, 0.05) is 25.6 Å². The monoisotopic (exact) mass is 444 g/mol. The Morgan fingerprint density at radius 2 is 1.88 bits per heavy atom. The molecular weight excluding hydrogens is 412 g/mol. The minimum absolute atomic E-state index is 0.106. The van der Waals surface area contributed by atoms with Crippen LogP contribution in [0.4, 0.5) is 4.79 Å². The van der Waals surface area contributed by atoms with Gasteiger partial charge in [-0.1, -0.05) is 30.3 Å². The van der Waals surface area contributed by atoms with Gasteiger partial charge in [-0.05, 0) is 49.6 Å². The van der Waals surface area contributed by atoms with Crippen LogP contribution in [0.3, 0.4) is 0 Å². The molecule has 4 rings (SSSR count). The molecule has 0 spiro atoms. The molecule has 9 nitrogen and oxygen atoms in total. The van der Waals surface area contributed by atoms with Gasteiger partial charge in [0.15, 0.2) is 0 Å². The van der Waals surface area contributed by atoms with E-state index in [1.54, 1.807) is 5.48 Å². The Kier molecular flexibility index (Phi) is 6.95. The van der Waals surface area contributed by atoms with Crippen molar-refractivity contribution in [2.45, 2.75) is 43.7 Å². The highest BCUT2D eigenvalue weighted by Crippen LogP contribution is 2.34. The minimum Gasteiger partial charge on any atom is -0.453 e. The zero-order chi connectivity index (χ0) is 22.7. The maximum atomic E-state index is 13.1. The van der Waals surface area contributed by atoms with Gasteiger partial charge in [-0.2, -0.15) is 0 Å². The lowest BCUT2D eigenvalue weighted by Crippen LogP contribution is -2.51. The topological polar surface area (TPSA) is 111 Å². The van der Waals surface area contributed by atoms with E-state index in [4.69, 9.17) is 9.94 Å². The molecule has 1 unspecified atom stereocenters. The maximum absolute atomic E-state index is 13.1. The number of nitrogens with one attached hydrogen (secondary N) is 2. The Morgan fingerprint density at radius 3 is 2.53 bits per heavy atom. The van der Waals surface area contributed by atoms with E-state index in [-0.39, 0.29) is 23.8 Å². The summed E-state index contributed by atoms with van der Waals surface area (Å²) in [7, 11) is 1.28. The second-order valence-electron chi connectivity index (χ2n) is 9.09. The van der Waals surface area contributed by atoms with Crippen molar-refractivity contribution >= 4 is 17.9 Å². The van der Waals surface area contributed by atoms with E-state index in [0.717, 1.165) is 32.4 Å². The largest absolute Gasteiger partial charge is 0.453 e. The van der Waals surface area contributed by atoms with Crippen molar-refractivity contribution in [3.8, 4) is 0 Å². The minimum atomic E-state index is -0.740. The number of hydroxylamine groups is 1. The summed E-state index contributed by atoms with van der Waals surface area (Å²) in [5.74, 6) is 0.320. The first-order chi connectivity index (χ1) is 15.5. The Morgan fingerprint density at radius 1 is 1.09 bits per heavy atom. The van der Waals surface area contributed by atoms with Gasteiger partial charge in [0.25, 0.3) is 5.91 Å². The van der Waals surface area contributed by atoms with Crippen molar-refractivity contribution in [1.82, 2.24) is 20.6 Å². The van der Waals surface area contributed by atoms with Gasteiger partial charge in [0.05, 0.1) is 13.2 Å². The van der Waals surface area contributed by atoms with E-state index in [2.05, 4.69) is 17.4 Å². The van der Waals surface area contributed by atoms with Crippen LogP contribution >= 0.6 is 0 Å². The zero-order valence-corrected chi connectivity index (χ0v) is 18.4. The highest BCUT2D eigenvalue weighted by atomic mass is 16.5. The first-order valence-electron chi connectivity index (χ1n) is 11.4. The van der Waals surface area contributed by atoms with Gasteiger partial charge >= 0.3 is 6.09 Å². The smallest absolute Gasteiger partial charge is 0.410 e. The third-order valence-electron chi connectivity index (χ3n) is 7.34. The van der Waals surface area contributed by atoms with Gasteiger partial charge in [0.2, 0.25) is 5.91 Å². The number of hydrogen-bond donors (Lipinski definition) is 3. The van der Waals surface area contributed by atoms with Crippen molar-refractivity contribution in [2.75, 3.05) is 33.3 Å². The van der Waals surface area contributed by atoms with Gasteiger partial charge in [-0.15, -0.1) is 0 Å². The second kappa shape index (κ2) is 9.87. The molecule has 3 aliphatic heterocycles. The molecule has 0 bridgehead atoms. The van der Waals surface area contributed by atoms with E-state index in [1.807, 2.05) is 23.1 Å². The molecule has 3 heterocycles. The molecule has 1 aromatic carbocycles. The summed E-state index contributed by atoms with van der Waals surface area (Å²) in [6.45, 7) is 2.62. The number of ether oxygens (including phenoxy) is 1. The van der Waals surface area contributed by atoms with Crippen LogP contribution in [0.25, 0.3) is 0 Å². The van der Waals surface area contributed by atoms with E-state index < -0.39 is 18.0 Å². The van der Waals surface area contributed by atoms with Crippen LogP contribution in [0.2, 0.25) is 0 Å². The van der Waals surface area contributed by atoms with E-state index >= 15 is 0 Å². The van der Waals surface area contributed by atoms with Crippen molar-refractivity contribution in [2.24, 2.45) is 11.8 Å². The average molecular weight is 445 g/mol. The summed E-state index contributed by atoms with van der Waals surface area (Å²) in [5.41, 5.74) is 2.94. The summed E-state index contributed by atoms with van der Waals surface area (Å²) in [5, 5.41) is 12.4. The number of nitrogens with zero attached hydrogens (tertiary/aromatic N) is 2. The quantitative estimate of drug-likeness (QED) is 0.477. The van der Waals surface area contributed by atoms with E-state index in [9.17, 15) is 14.4 Å². The predicted octanol–water partition coefficient (Wildman–Crippen LogP) is 1.33. The summed E-state index contributed by atoms with van der Waals surface area (Å²) >= 11 is 0. The molecule has 174 valence electrons. The highest BCUT2D eigenvalue weighted by Gasteiger charge is 2.44. The normalized spacial score (nSPS) is 30.2. The lowest BCUT2D eigenvalue weighted by Gasteiger charge is -2.34. The molecule has 0 radical (unpaired) electrons. The van der Waals surface area contributed by atoms with Gasteiger partial charge in [-0.3, -0.25) is 19.7 Å². The number of amides is 3. The first kappa shape index (κ1) is 22.5. The van der Waals surface area contributed by atoms with Gasteiger partial charge in [0.1, 0.15) is 6.04 Å². The summed E-state index contributed by atoms with van der Waals surface area (Å²) in [4.78, 5) is 40.5. The number of benzene rings is 1. The first-order valence-corrected chi connectivity index (χ1v) is 11.4. The fourth-order valence-electron chi connectivity index (χ4n) is 5.52.